The topological polar surface area (TPSA) is 64.3 Å². The number of amides is 2. The standard InChI is InChI=1S/C16H23N5O/c1-12(2)21(16(22)19-14-9-17-18-10-14)11-13-5-7-15(8-6-13)20(3)4/h5-10,12H,11H2,1-4H3,(H,17,18)(H,19,22). The van der Waals surface area contributed by atoms with E-state index < -0.39 is 0 Å². The van der Waals surface area contributed by atoms with Crippen molar-refractivity contribution in [3.8, 4) is 0 Å². The summed E-state index contributed by atoms with van der Waals surface area (Å²) in [5, 5.41) is 9.35. The highest BCUT2D eigenvalue weighted by molar-refractivity contribution is 5.89. The summed E-state index contributed by atoms with van der Waals surface area (Å²) < 4.78 is 0. The lowest BCUT2D eigenvalue weighted by molar-refractivity contribution is 0.193. The summed E-state index contributed by atoms with van der Waals surface area (Å²) in [6, 6.07) is 8.18. The molecule has 0 saturated carbocycles. The van der Waals surface area contributed by atoms with E-state index in [1.54, 1.807) is 17.3 Å². The molecule has 22 heavy (non-hydrogen) atoms. The summed E-state index contributed by atoms with van der Waals surface area (Å²) in [7, 11) is 4.02. The second-order valence-electron chi connectivity index (χ2n) is 5.70. The molecule has 118 valence electrons. The fraction of sp³-hybridized carbons (Fsp3) is 0.375. The van der Waals surface area contributed by atoms with Crippen LogP contribution in [0.2, 0.25) is 0 Å². The van der Waals surface area contributed by atoms with Gasteiger partial charge in [0.1, 0.15) is 0 Å². The number of aromatic amines is 1. The number of benzene rings is 1. The summed E-state index contributed by atoms with van der Waals surface area (Å²) in [5.41, 5.74) is 2.91. The van der Waals surface area contributed by atoms with Gasteiger partial charge in [-0.05, 0) is 31.5 Å². The highest BCUT2D eigenvalue weighted by atomic mass is 16.2. The summed E-state index contributed by atoms with van der Waals surface area (Å²) in [4.78, 5) is 16.2. The van der Waals surface area contributed by atoms with E-state index in [2.05, 4.69) is 44.7 Å². The number of anilines is 2. The molecule has 0 radical (unpaired) electrons. The average molecular weight is 301 g/mol. The average Bonchev–Trinajstić information content (AvgIpc) is 2.97. The third-order valence-electron chi connectivity index (χ3n) is 3.44. The zero-order chi connectivity index (χ0) is 16.1. The van der Waals surface area contributed by atoms with Crippen molar-refractivity contribution in [2.45, 2.75) is 26.4 Å². The summed E-state index contributed by atoms with van der Waals surface area (Å²) in [5.74, 6) is 0. The molecule has 1 aromatic heterocycles. The van der Waals surface area contributed by atoms with Gasteiger partial charge in [-0.3, -0.25) is 5.10 Å². The van der Waals surface area contributed by atoms with Crippen molar-refractivity contribution in [2.75, 3.05) is 24.3 Å². The van der Waals surface area contributed by atoms with Crippen molar-refractivity contribution in [1.29, 1.82) is 0 Å². The van der Waals surface area contributed by atoms with E-state index in [-0.39, 0.29) is 12.1 Å². The normalized spacial score (nSPS) is 10.6. The number of aromatic nitrogens is 2. The molecule has 1 aromatic carbocycles. The van der Waals surface area contributed by atoms with Crippen molar-refractivity contribution in [3.05, 3.63) is 42.2 Å². The lowest BCUT2D eigenvalue weighted by Crippen LogP contribution is -2.39. The van der Waals surface area contributed by atoms with Gasteiger partial charge in [0, 0.05) is 38.6 Å². The number of hydrogen-bond donors (Lipinski definition) is 2. The minimum absolute atomic E-state index is 0.0976. The zero-order valence-corrected chi connectivity index (χ0v) is 13.5. The van der Waals surface area contributed by atoms with Crippen LogP contribution in [0.3, 0.4) is 0 Å². The van der Waals surface area contributed by atoms with Crippen LogP contribution in [0.25, 0.3) is 0 Å². The molecule has 0 bridgehead atoms. The summed E-state index contributed by atoms with van der Waals surface area (Å²) in [6.07, 6.45) is 3.24. The number of H-pyrrole nitrogens is 1. The first kappa shape index (κ1) is 15.9. The Morgan fingerprint density at radius 3 is 2.45 bits per heavy atom. The van der Waals surface area contributed by atoms with Gasteiger partial charge in [-0.25, -0.2) is 4.79 Å². The van der Waals surface area contributed by atoms with E-state index in [4.69, 9.17) is 0 Å². The molecular weight excluding hydrogens is 278 g/mol. The van der Waals surface area contributed by atoms with E-state index in [0.717, 1.165) is 11.3 Å². The van der Waals surface area contributed by atoms with Crippen molar-refractivity contribution in [1.82, 2.24) is 15.1 Å². The molecule has 0 spiro atoms. The van der Waals surface area contributed by atoms with Crippen molar-refractivity contribution < 1.29 is 4.79 Å². The van der Waals surface area contributed by atoms with Crippen molar-refractivity contribution >= 4 is 17.4 Å². The number of carbonyl (C=O) groups excluding carboxylic acids is 1. The van der Waals surface area contributed by atoms with E-state index >= 15 is 0 Å². The highest BCUT2D eigenvalue weighted by Crippen LogP contribution is 2.16. The van der Waals surface area contributed by atoms with Gasteiger partial charge in [0.05, 0.1) is 11.9 Å². The molecule has 6 heteroatoms. The first-order valence-corrected chi connectivity index (χ1v) is 7.30. The van der Waals surface area contributed by atoms with Gasteiger partial charge >= 0.3 is 6.03 Å². The SMILES string of the molecule is CC(C)N(Cc1ccc(N(C)C)cc1)C(=O)Nc1cn[nH]c1. The molecule has 2 aromatic rings. The van der Waals surface area contributed by atoms with Crippen LogP contribution in [0.5, 0.6) is 0 Å². The zero-order valence-electron chi connectivity index (χ0n) is 13.5. The third-order valence-corrected chi connectivity index (χ3v) is 3.44. The Morgan fingerprint density at radius 1 is 1.27 bits per heavy atom. The Hall–Kier alpha value is -2.50. The van der Waals surface area contributed by atoms with Gasteiger partial charge in [0.25, 0.3) is 0 Å². The van der Waals surface area contributed by atoms with Crippen LogP contribution < -0.4 is 10.2 Å². The number of nitrogens with one attached hydrogen (secondary N) is 2. The number of nitrogens with zero attached hydrogens (tertiary/aromatic N) is 3. The Balaban J connectivity index is 2.06. The van der Waals surface area contributed by atoms with Crippen LogP contribution in [0.1, 0.15) is 19.4 Å². The lowest BCUT2D eigenvalue weighted by Gasteiger charge is -2.27. The molecular formula is C16H23N5O. The quantitative estimate of drug-likeness (QED) is 0.892. The van der Waals surface area contributed by atoms with Crippen LogP contribution in [0.15, 0.2) is 36.7 Å². The molecule has 0 fully saturated rings. The van der Waals surface area contributed by atoms with Crippen LogP contribution >= 0.6 is 0 Å². The fourth-order valence-electron chi connectivity index (χ4n) is 2.10. The van der Waals surface area contributed by atoms with Gasteiger partial charge in [-0.1, -0.05) is 12.1 Å². The van der Waals surface area contributed by atoms with Crippen LogP contribution in [0, 0.1) is 0 Å². The minimum Gasteiger partial charge on any atom is -0.378 e. The Labute approximate surface area is 131 Å². The van der Waals surface area contributed by atoms with E-state index in [0.29, 0.717) is 12.2 Å². The van der Waals surface area contributed by atoms with Crippen LogP contribution in [-0.4, -0.2) is 41.3 Å². The molecule has 0 aliphatic carbocycles. The second-order valence-corrected chi connectivity index (χ2v) is 5.70. The molecule has 0 aliphatic rings. The first-order valence-electron chi connectivity index (χ1n) is 7.30. The maximum absolute atomic E-state index is 12.4. The van der Waals surface area contributed by atoms with Crippen LogP contribution in [-0.2, 0) is 6.54 Å². The summed E-state index contributed by atoms with van der Waals surface area (Å²) >= 11 is 0. The van der Waals surface area contributed by atoms with E-state index in [9.17, 15) is 4.79 Å². The smallest absolute Gasteiger partial charge is 0.322 e. The molecule has 2 rings (SSSR count). The molecule has 0 aliphatic heterocycles. The maximum atomic E-state index is 12.4. The van der Waals surface area contributed by atoms with E-state index in [1.807, 2.05) is 27.9 Å². The Morgan fingerprint density at radius 2 is 1.95 bits per heavy atom. The van der Waals surface area contributed by atoms with E-state index in [1.165, 1.54) is 0 Å². The Kier molecular flexibility index (Phi) is 5.04. The van der Waals surface area contributed by atoms with Gasteiger partial charge in [-0.15, -0.1) is 0 Å². The van der Waals surface area contributed by atoms with Crippen molar-refractivity contribution in [3.63, 3.8) is 0 Å². The fourth-order valence-corrected chi connectivity index (χ4v) is 2.10. The second kappa shape index (κ2) is 6.98. The van der Waals surface area contributed by atoms with Crippen LogP contribution in [0.4, 0.5) is 16.2 Å². The van der Waals surface area contributed by atoms with Crippen molar-refractivity contribution in [2.24, 2.45) is 0 Å². The molecule has 2 N–H and O–H groups in total. The summed E-state index contributed by atoms with van der Waals surface area (Å²) in [6.45, 7) is 4.57. The molecule has 1 heterocycles. The predicted octanol–water partition coefficient (Wildman–Crippen LogP) is 2.92. The molecule has 0 saturated heterocycles. The number of urea groups is 1. The first-order chi connectivity index (χ1) is 10.5. The molecule has 2 amide bonds. The monoisotopic (exact) mass is 301 g/mol. The number of carbonyl (C=O) groups is 1. The molecule has 0 atom stereocenters. The lowest BCUT2D eigenvalue weighted by atomic mass is 10.1. The van der Waals surface area contributed by atoms with Gasteiger partial charge < -0.3 is 15.1 Å². The predicted molar refractivity (Wildman–Crippen MR) is 89.1 cm³/mol. The van der Waals surface area contributed by atoms with Gasteiger partial charge in [0.15, 0.2) is 0 Å². The van der Waals surface area contributed by atoms with Gasteiger partial charge in [-0.2, -0.15) is 5.10 Å². The largest absolute Gasteiger partial charge is 0.378 e. The third kappa shape index (κ3) is 4.00. The molecule has 6 nitrogen and oxygen atoms in total. The van der Waals surface area contributed by atoms with Gasteiger partial charge in [0.2, 0.25) is 0 Å². The highest BCUT2D eigenvalue weighted by Gasteiger charge is 2.17. The number of hydrogen-bond acceptors (Lipinski definition) is 3. The minimum atomic E-state index is -0.131. The Bertz CT molecular complexity index is 590. The maximum Gasteiger partial charge on any atom is 0.322 e. The molecule has 0 unspecified atom stereocenters. The number of rotatable bonds is 5.